The van der Waals surface area contributed by atoms with Gasteiger partial charge in [-0.1, -0.05) is 12.1 Å². The van der Waals surface area contributed by atoms with Crippen LogP contribution in [0.5, 0.6) is 0 Å². The fourth-order valence-corrected chi connectivity index (χ4v) is 6.85. The summed E-state index contributed by atoms with van der Waals surface area (Å²) in [5, 5.41) is 7.14. The summed E-state index contributed by atoms with van der Waals surface area (Å²) < 4.78 is 40.4. The van der Waals surface area contributed by atoms with Gasteiger partial charge >= 0.3 is 0 Å². The Hall–Kier alpha value is -2.20. The number of carbonyl (C=O) groups excluding carboxylic acids is 1. The van der Waals surface area contributed by atoms with Crippen LogP contribution in [0.3, 0.4) is 0 Å². The number of amides is 1. The van der Waals surface area contributed by atoms with E-state index in [0.717, 1.165) is 28.5 Å². The number of hydrogen-bond donors (Lipinski definition) is 1. The summed E-state index contributed by atoms with van der Waals surface area (Å²) in [6, 6.07) is 14.5. The molecule has 1 N–H and O–H groups in total. The Morgan fingerprint density at radius 3 is 2.69 bits per heavy atom. The number of halogens is 1. The van der Waals surface area contributed by atoms with Gasteiger partial charge in [0.2, 0.25) is 15.9 Å². The van der Waals surface area contributed by atoms with E-state index >= 15 is 0 Å². The molecular formula is C23H23FN2O3S3. The van der Waals surface area contributed by atoms with E-state index in [1.807, 2.05) is 29.6 Å². The number of para-hydroxylation sites is 1. The highest BCUT2D eigenvalue weighted by Crippen LogP contribution is 2.31. The number of carbonyl (C=O) groups is 1. The number of thioether (sulfide) groups is 1. The lowest BCUT2D eigenvalue weighted by molar-refractivity contribution is -0.120. The lowest BCUT2D eigenvalue weighted by atomic mass is 9.99. The summed E-state index contributed by atoms with van der Waals surface area (Å²) in [5.74, 6) is -0.319. The SMILES string of the molecule is O=C(Nc1ccccc1SCc1ccsc1)C1CCCN(S(=O)(=O)c2ccc(F)cc2)C1. The van der Waals surface area contributed by atoms with E-state index in [9.17, 15) is 17.6 Å². The van der Waals surface area contributed by atoms with Crippen molar-refractivity contribution >= 4 is 44.7 Å². The Balaban J connectivity index is 1.43. The van der Waals surface area contributed by atoms with E-state index in [2.05, 4.69) is 16.8 Å². The van der Waals surface area contributed by atoms with Crippen LogP contribution in [-0.4, -0.2) is 31.7 Å². The maximum Gasteiger partial charge on any atom is 0.243 e. The van der Waals surface area contributed by atoms with E-state index in [-0.39, 0.29) is 17.3 Å². The molecule has 0 bridgehead atoms. The number of hydrogen-bond acceptors (Lipinski definition) is 5. The van der Waals surface area contributed by atoms with Crippen molar-refractivity contribution < 1.29 is 17.6 Å². The first-order valence-electron chi connectivity index (χ1n) is 10.2. The molecule has 32 heavy (non-hydrogen) atoms. The second kappa shape index (κ2) is 10.2. The Morgan fingerprint density at radius 2 is 1.94 bits per heavy atom. The average Bonchev–Trinajstić information content (AvgIpc) is 3.32. The number of sulfonamides is 1. The van der Waals surface area contributed by atoms with Crippen LogP contribution in [-0.2, 0) is 20.6 Å². The van der Waals surface area contributed by atoms with Crippen molar-refractivity contribution in [2.45, 2.75) is 28.4 Å². The van der Waals surface area contributed by atoms with E-state index in [1.165, 1.54) is 22.0 Å². The minimum absolute atomic E-state index is 0.0372. The predicted octanol–water partition coefficient (Wildman–Crippen LogP) is 5.22. The van der Waals surface area contributed by atoms with Crippen molar-refractivity contribution in [2.24, 2.45) is 5.92 Å². The van der Waals surface area contributed by atoms with E-state index in [4.69, 9.17) is 0 Å². The van der Waals surface area contributed by atoms with Gasteiger partial charge in [0.25, 0.3) is 0 Å². The molecule has 4 rings (SSSR count). The van der Waals surface area contributed by atoms with Crippen molar-refractivity contribution in [3.63, 3.8) is 0 Å². The van der Waals surface area contributed by atoms with Crippen molar-refractivity contribution in [2.75, 3.05) is 18.4 Å². The first-order chi connectivity index (χ1) is 15.4. The molecule has 2 heterocycles. The lowest BCUT2D eigenvalue weighted by Crippen LogP contribution is -2.43. The van der Waals surface area contributed by atoms with Gasteiger partial charge in [0, 0.05) is 23.7 Å². The summed E-state index contributed by atoms with van der Waals surface area (Å²) in [7, 11) is -3.78. The lowest BCUT2D eigenvalue weighted by Gasteiger charge is -2.31. The molecule has 1 saturated heterocycles. The molecule has 0 saturated carbocycles. The molecule has 1 fully saturated rings. The van der Waals surface area contributed by atoms with Gasteiger partial charge < -0.3 is 5.32 Å². The highest BCUT2D eigenvalue weighted by molar-refractivity contribution is 7.98. The molecule has 0 aliphatic carbocycles. The first kappa shape index (κ1) is 23.0. The van der Waals surface area contributed by atoms with Gasteiger partial charge in [-0.2, -0.15) is 15.6 Å². The molecule has 0 spiro atoms. The maximum atomic E-state index is 13.2. The highest BCUT2D eigenvalue weighted by Gasteiger charge is 2.33. The number of thiophene rings is 1. The van der Waals surface area contributed by atoms with Gasteiger partial charge in [0.15, 0.2) is 0 Å². The molecule has 1 amide bonds. The van der Waals surface area contributed by atoms with Crippen LogP contribution in [0.1, 0.15) is 18.4 Å². The third-order valence-electron chi connectivity index (χ3n) is 5.33. The zero-order chi connectivity index (χ0) is 22.6. The quantitative estimate of drug-likeness (QED) is 0.461. The van der Waals surface area contributed by atoms with Crippen LogP contribution >= 0.6 is 23.1 Å². The van der Waals surface area contributed by atoms with Gasteiger partial charge in [-0.25, -0.2) is 12.8 Å². The predicted molar refractivity (Wildman–Crippen MR) is 127 cm³/mol. The zero-order valence-corrected chi connectivity index (χ0v) is 19.7. The third kappa shape index (κ3) is 5.40. The molecule has 1 aromatic heterocycles. The molecule has 1 unspecified atom stereocenters. The van der Waals surface area contributed by atoms with E-state index in [0.29, 0.717) is 19.4 Å². The number of anilines is 1. The Bertz CT molecular complexity index is 1170. The molecule has 1 aliphatic rings. The molecule has 5 nitrogen and oxygen atoms in total. The summed E-state index contributed by atoms with van der Waals surface area (Å²) in [6.45, 7) is 0.451. The molecule has 1 aliphatic heterocycles. The van der Waals surface area contributed by atoms with Crippen LogP contribution in [0.2, 0.25) is 0 Å². The van der Waals surface area contributed by atoms with Crippen LogP contribution in [0.25, 0.3) is 0 Å². The monoisotopic (exact) mass is 490 g/mol. The highest BCUT2D eigenvalue weighted by atomic mass is 32.2. The summed E-state index contributed by atoms with van der Waals surface area (Å²) in [5.41, 5.74) is 1.96. The van der Waals surface area contributed by atoms with Crippen LogP contribution < -0.4 is 5.32 Å². The fourth-order valence-electron chi connectivity index (χ4n) is 3.60. The van der Waals surface area contributed by atoms with Crippen molar-refractivity contribution in [3.8, 4) is 0 Å². The number of nitrogens with zero attached hydrogens (tertiary/aromatic N) is 1. The van der Waals surface area contributed by atoms with Crippen LogP contribution in [0.4, 0.5) is 10.1 Å². The molecular weight excluding hydrogens is 467 g/mol. The topological polar surface area (TPSA) is 66.5 Å². The Kier molecular flexibility index (Phi) is 7.30. The normalized spacial score (nSPS) is 17.2. The molecule has 3 aromatic rings. The van der Waals surface area contributed by atoms with Gasteiger partial charge in [-0.05, 0) is 71.6 Å². The Labute approximate surface area is 195 Å². The molecule has 1 atom stereocenters. The summed E-state index contributed by atoms with van der Waals surface area (Å²) >= 11 is 3.31. The number of rotatable bonds is 7. The minimum Gasteiger partial charge on any atom is -0.325 e. The molecule has 168 valence electrons. The van der Waals surface area contributed by atoms with Gasteiger partial charge in [-0.3, -0.25) is 4.79 Å². The molecule has 9 heteroatoms. The van der Waals surface area contributed by atoms with Crippen molar-refractivity contribution in [1.29, 1.82) is 0 Å². The second-order valence-electron chi connectivity index (χ2n) is 7.56. The largest absolute Gasteiger partial charge is 0.325 e. The number of nitrogens with one attached hydrogen (secondary N) is 1. The van der Waals surface area contributed by atoms with E-state index in [1.54, 1.807) is 23.1 Å². The molecule has 2 aromatic carbocycles. The average molecular weight is 491 g/mol. The van der Waals surface area contributed by atoms with Crippen LogP contribution in [0, 0.1) is 11.7 Å². The van der Waals surface area contributed by atoms with Crippen molar-refractivity contribution in [3.05, 3.63) is 76.7 Å². The summed E-state index contributed by atoms with van der Waals surface area (Å²) in [4.78, 5) is 14.0. The van der Waals surface area contributed by atoms with E-state index < -0.39 is 21.8 Å². The van der Waals surface area contributed by atoms with Crippen LogP contribution in [0.15, 0.2) is 75.1 Å². The first-order valence-corrected chi connectivity index (χ1v) is 13.6. The maximum absolute atomic E-state index is 13.2. The minimum atomic E-state index is -3.78. The second-order valence-corrected chi connectivity index (χ2v) is 11.3. The third-order valence-corrected chi connectivity index (χ3v) is 9.08. The zero-order valence-electron chi connectivity index (χ0n) is 17.2. The smallest absolute Gasteiger partial charge is 0.243 e. The summed E-state index contributed by atoms with van der Waals surface area (Å²) in [6.07, 6.45) is 1.21. The Morgan fingerprint density at radius 1 is 1.16 bits per heavy atom. The standard InChI is InChI=1S/C23H23FN2O3S3/c24-19-7-9-20(10-8-19)32(28,29)26-12-3-4-18(14-26)23(27)25-21-5-1-2-6-22(21)31-16-17-11-13-30-15-17/h1-2,5-11,13,15,18H,3-4,12,14,16H2,(H,25,27). The van der Waals surface area contributed by atoms with Gasteiger partial charge in [-0.15, -0.1) is 11.8 Å². The molecule has 0 radical (unpaired) electrons. The fraction of sp³-hybridized carbons (Fsp3) is 0.261. The van der Waals surface area contributed by atoms with Gasteiger partial charge in [0.1, 0.15) is 5.82 Å². The van der Waals surface area contributed by atoms with Crippen molar-refractivity contribution in [1.82, 2.24) is 4.31 Å². The van der Waals surface area contributed by atoms with Gasteiger partial charge in [0.05, 0.1) is 16.5 Å². The number of piperidine rings is 1. The number of benzene rings is 2.